The summed E-state index contributed by atoms with van der Waals surface area (Å²) in [5.74, 6) is -1.30. The second kappa shape index (κ2) is 5.72. The van der Waals surface area contributed by atoms with E-state index >= 15 is 0 Å². The maximum absolute atomic E-state index is 10.9. The van der Waals surface area contributed by atoms with Crippen molar-refractivity contribution in [3.8, 4) is 6.07 Å². The molecule has 0 saturated carbocycles. The molecule has 0 radical (unpaired) electrons. The SMILES string of the molecule is C/C(=C\c1ccccc1)CC(C#N)C(N)=O. The molecule has 1 atom stereocenters. The van der Waals surface area contributed by atoms with Gasteiger partial charge in [-0.2, -0.15) is 5.26 Å². The van der Waals surface area contributed by atoms with E-state index in [4.69, 9.17) is 11.0 Å². The van der Waals surface area contributed by atoms with Crippen LogP contribution in [-0.2, 0) is 4.79 Å². The quantitative estimate of drug-likeness (QED) is 0.834. The molecule has 3 heteroatoms. The smallest absolute Gasteiger partial charge is 0.235 e. The summed E-state index contributed by atoms with van der Waals surface area (Å²) >= 11 is 0. The fourth-order valence-electron chi connectivity index (χ4n) is 1.42. The minimum absolute atomic E-state index is 0.390. The average Bonchev–Trinajstić information content (AvgIpc) is 2.27. The summed E-state index contributed by atoms with van der Waals surface area (Å²) in [5, 5.41) is 8.73. The number of amides is 1. The highest BCUT2D eigenvalue weighted by molar-refractivity contribution is 5.79. The van der Waals surface area contributed by atoms with E-state index in [-0.39, 0.29) is 0 Å². The number of primary amides is 1. The van der Waals surface area contributed by atoms with E-state index < -0.39 is 11.8 Å². The number of hydrogen-bond donors (Lipinski definition) is 1. The highest BCUT2D eigenvalue weighted by Gasteiger charge is 2.14. The molecule has 0 aliphatic rings. The van der Waals surface area contributed by atoms with Gasteiger partial charge < -0.3 is 5.73 Å². The predicted molar refractivity (Wildman–Crippen MR) is 63.0 cm³/mol. The van der Waals surface area contributed by atoms with Gasteiger partial charge in [0.15, 0.2) is 0 Å². The second-order valence-electron chi connectivity index (χ2n) is 3.69. The summed E-state index contributed by atoms with van der Waals surface area (Å²) in [4.78, 5) is 10.9. The van der Waals surface area contributed by atoms with Crippen LogP contribution in [0.4, 0.5) is 0 Å². The fraction of sp³-hybridized carbons (Fsp3) is 0.231. The van der Waals surface area contributed by atoms with Gasteiger partial charge in [0.05, 0.1) is 6.07 Å². The van der Waals surface area contributed by atoms with Crippen LogP contribution in [0.15, 0.2) is 35.9 Å². The summed E-state index contributed by atoms with van der Waals surface area (Å²) in [7, 11) is 0. The van der Waals surface area contributed by atoms with E-state index in [2.05, 4.69) is 0 Å². The lowest BCUT2D eigenvalue weighted by Crippen LogP contribution is -2.21. The summed E-state index contributed by atoms with van der Waals surface area (Å²) in [6.45, 7) is 1.89. The van der Waals surface area contributed by atoms with Gasteiger partial charge in [-0.1, -0.05) is 42.0 Å². The molecule has 0 aliphatic carbocycles. The Balaban J connectivity index is 2.73. The number of allylic oxidation sites excluding steroid dienone is 1. The Morgan fingerprint density at radius 2 is 2.12 bits per heavy atom. The zero-order valence-corrected chi connectivity index (χ0v) is 9.18. The van der Waals surface area contributed by atoms with Gasteiger partial charge in [0, 0.05) is 0 Å². The number of hydrogen-bond acceptors (Lipinski definition) is 2. The average molecular weight is 214 g/mol. The van der Waals surface area contributed by atoms with E-state index in [1.807, 2.05) is 49.4 Å². The van der Waals surface area contributed by atoms with Crippen molar-refractivity contribution in [2.45, 2.75) is 13.3 Å². The summed E-state index contributed by atoms with van der Waals surface area (Å²) in [6.07, 6.45) is 2.34. The van der Waals surface area contributed by atoms with Crippen molar-refractivity contribution in [3.63, 3.8) is 0 Å². The number of carbonyl (C=O) groups is 1. The summed E-state index contributed by atoms with van der Waals surface area (Å²) in [6, 6.07) is 11.7. The molecule has 1 aromatic carbocycles. The number of nitriles is 1. The van der Waals surface area contributed by atoms with Crippen LogP contribution in [0.2, 0.25) is 0 Å². The molecule has 0 spiro atoms. The molecule has 1 amide bonds. The zero-order chi connectivity index (χ0) is 12.0. The van der Waals surface area contributed by atoms with Crippen LogP contribution in [0.5, 0.6) is 0 Å². The van der Waals surface area contributed by atoms with Crippen molar-refractivity contribution < 1.29 is 4.79 Å². The molecule has 0 fully saturated rings. The highest BCUT2D eigenvalue weighted by Crippen LogP contribution is 2.14. The van der Waals surface area contributed by atoms with E-state index in [1.54, 1.807) is 0 Å². The molecule has 16 heavy (non-hydrogen) atoms. The monoisotopic (exact) mass is 214 g/mol. The van der Waals surface area contributed by atoms with Crippen molar-refractivity contribution >= 4 is 12.0 Å². The molecule has 1 rings (SSSR count). The number of benzene rings is 1. The van der Waals surface area contributed by atoms with E-state index in [0.717, 1.165) is 11.1 Å². The maximum atomic E-state index is 10.9. The van der Waals surface area contributed by atoms with Gasteiger partial charge >= 0.3 is 0 Å². The van der Waals surface area contributed by atoms with Crippen LogP contribution in [0.3, 0.4) is 0 Å². The first-order valence-electron chi connectivity index (χ1n) is 5.04. The maximum Gasteiger partial charge on any atom is 0.235 e. The van der Waals surface area contributed by atoms with Crippen molar-refractivity contribution in [1.29, 1.82) is 5.26 Å². The van der Waals surface area contributed by atoms with E-state index in [9.17, 15) is 4.79 Å². The van der Waals surface area contributed by atoms with Gasteiger partial charge in [-0.05, 0) is 18.9 Å². The standard InChI is InChI=1S/C13H14N2O/c1-10(8-12(9-14)13(15)16)7-11-5-3-2-4-6-11/h2-7,12H,8H2,1H3,(H2,15,16)/b10-7+. The molecule has 82 valence electrons. The lowest BCUT2D eigenvalue weighted by atomic mass is 9.99. The molecule has 0 aromatic heterocycles. The Bertz CT molecular complexity index is 429. The van der Waals surface area contributed by atoms with Crippen LogP contribution in [0.1, 0.15) is 18.9 Å². The molecule has 0 saturated heterocycles. The van der Waals surface area contributed by atoms with Crippen molar-refractivity contribution in [1.82, 2.24) is 0 Å². The predicted octanol–water partition coefficient (Wildman–Crippen LogP) is 2.11. The first-order valence-corrected chi connectivity index (χ1v) is 5.04. The van der Waals surface area contributed by atoms with Crippen molar-refractivity contribution in [2.24, 2.45) is 11.7 Å². The zero-order valence-electron chi connectivity index (χ0n) is 9.18. The van der Waals surface area contributed by atoms with Gasteiger partial charge in [0.25, 0.3) is 0 Å². The number of rotatable bonds is 4. The van der Waals surface area contributed by atoms with E-state index in [0.29, 0.717) is 6.42 Å². The summed E-state index contributed by atoms with van der Waals surface area (Å²) in [5.41, 5.74) is 7.13. The second-order valence-corrected chi connectivity index (χ2v) is 3.69. The van der Waals surface area contributed by atoms with E-state index in [1.165, 1.54) is 0 Å². The Kier molecular flexibility index (Phi) is 4.28. The lowest BCUT2D eigenvalue weighted by molar-refractivity contribution is -0.120. The van der Waals surface area contributed by atoms with Crippen LogP contribution in [0, 0.1) is 17.2 Å². The van der Waals surface area contributed by atoms with Gasteiger partial charge in [-0.15, -0.1) is 0 Å². The van der Waals surface area contributed by atoms with Gasteiger partial charge in [0.2, 0.25) is 5.91 Å². The first kappa shape index (κ1) is 12.0. The molecule has 2 N–H and O–H groups in total. The van der Waals surface area contributed by atoms with Crippen LogP contribution < -0.4 is 5.73 Å². The Morgan fingerprint density at radius 3 is 2.62 bits per heavy atom. The number of carbonyl (C=O) groups excluding carboxylic acids is 1. The third kappa shape index (κ3) is 3.58. The molecule has 1 unspecified atom stereocenters. The summed E-state index contributed by atoms with van der Waals surface area (Å²) < 4.78 is 0. The largest absolute Gasteiger partial charge is 0.369 e. The van der Waals surface area contributed by atoms with Gasteiger partial charge in [-0.25, -0.2) is 0 Å². The van der Waals surface area contributed by atoms with Crippen molar-refractivity contribution in [2.75, 3.05) is 0 Å². The Labute approximate surface area is 95.2 Å². The normalized spacial score (nSPS) is 12.9. The molecule has 0 heterocycles. The minimum Gasteiger partial charge on any atom is -0.369 e. The van der Waals surface area contributed by atoms with Crippen LogP contribution in [0.25, 0.3) is 6.08 Å². The topological polar surface area (TPSA) is 66.9 Å². The fourth-order valence-corrected chi connectivity index (χ4v) is 1.42. The third-order valence-corrected chi connectivity index (χ3v) is 2.24. The minimum atomic E-state index is -0.736. The molecular formula is C13H14N2O. The first-order chi connectivity index (χ1) is 7.63. The van der Waals surface area contributed by atoms with Crippen LogP contribution >= 0.6 is 0 Å². The Hall–Kier alpha value is -2.08. The third-order valence-electron chi connectivity index (χ3n) is 2.24. The molecule has 0 aliphatic heterocycles. The lowest BCUT2D eigenvalue weighted by Gasteiger charge is -2.04. The Morgan fingerprint density at radius 1 is 1.50 bits per heavy atom. The van der Waals surface area contributed by atoms with Crippen molar-refractivity contribution in [3.05, 3.63) is 41.5 Å². The highest BCUT2D eigenvalue weighted by atomic mass is 16.1. The molecule has 0 bridgehead atoms. The van der Waals surface area contributed by atoms with Gasteiger partial charge in [-0.3, -0.25) is 4.79 Å². The molecule has 3 nitrogen and oxygen atoms in total. The van der Waals surface area contributed by atoms with Gasteiger partial charge in [0.1, 0.15) is 5.92 Å². The van der Waals surface area contributed by atoms with Crippen LogP contribution in [-0.4, -0.2) is 5.91 Å². The number of nitrogens with zero attached hydrogens (tertiary/aromatic N) is 1. The number of nitrogens with two attached hydrogens (primary N) is 1. The molecule has 1 aromatic rings. The molecular weight excluding hydrogens is 200 g/mol.